The summed E-state index contributed by atoms with van der Waals surface area (Å²) in [7, 11) is 0. The molecule has 3 nitrogen and oxygen atoms in total. The lowest BCUT2D eigenvalue weighted by Crippen LogP contribution is -2.40. The molecule has 0 radical (unpaired) electrons. The standard InChI is InChI=1S/C17H19NO2/c1-12-7-9-14(10-8-12)17(3,16(19)20)18-15-6-4-5-13(2)11-15/h4-11,18H,1-3H3,(H,19,20). The van der Waals surface area contributed by atoms with Gasteiger partial charge in [-0.2, -0.15) is 0 Å². The minimum absolute atomic E-state index is 0.733. The minimum Gasteiger partial charge on any atom is -0.479 e. The molecular formula is C17H19NO2. The number of aryl methyl sites for hydroxylation is 2. The summed E-state index contributed by atoms with van der Waals surface area (Å²) in [5.74, 6) is -0.900. The molecule has 1 unspecified atom stereocenters. The highest BCUT2D eigenvalue weighted by atomic mass is 16.4. The molecule has 2 rings (SSSR count). The molecule has 3 heteroatoms. The average molecular weight is 269 g/mol. The molecule has 0 aliphatic rings. The van der Waals surface area contributed by atoms with E-state index in [0.717, 1.165) is 22.4 Å². The molecule has 20 heavy (non-hydrogen) atoms. The third-order valence-electron chi connectivity index (χ3n) is 3.47. The van der Waals surface area contributed by atoms with E-state index in [4.69, 9.17) is 0 Å². The number of carboxylic acid groups (broad SMARTS) is 1. The van der Waals surface area contributed by atoms with Gasteiger partial charge in [-0.15, -0.1) is 0 Å². The Morgan fingerprint density at radius 1 is 1.05 bits per heavy atom. The van der Waals surface area contributed by atoms with Crippen molar-refractivity contribution >= 4 is 11.7 Å². The van der Waals surface area contributed by atoms with Gasteiger partial charge in [-0.25, -0.2) is 4.79 Å². The predicted molar refractivity (Wildman–Crippen MR) is 81.0 cm³/mol. The van der Waals surface area contributed by atoms with Crippen molar-refractivity contribution in [3.63, 3.8) is 0 Å². The van der Waals surface area contributed by atoms with E-state index in [1.165, 1.54) is 0 Å². The van der Waals surface area contributed by atoms with Gasteiger partial charge in [0.1, 0.15) is 0 Å². The van der Waals surface area contributed by atoms with Crippen LogP contribution in [0.3, 0.4) is 0 Å². The molecule has 0 heterocycles. The fraction of sp³-hybridized carbons (Fsp3) is 0.235. The number of rotatable bonds is 4. The van der Waals surface area contributed by atoms with Crippen LogP contribution < -0.4 is 5.32 Å². The van der Waals surface area contributed by atoms with E-state index in [1.54, 1.807) is 6.92 Å². The summed E-state index contributed by atoms with van der Waals surface area (Å²) in [5, 5.41) is 12.8. The lowest BCUT2D eigenvalue weighted by molar-refractivity contribution is -0.142. The van der Waals surface area contributed by atoms with Crippen LogP contribution in [-0.2, 0) is 10.3 Å². The van der Waals surface area contributed by atoms with Gasteiger partial charge in [0.15, 0.2) is 5.54 Å². The zero-order valence-electron chi connectivity index (χ0n) is 12.0. The second kappa shape index (κ2) is 5.37. The number of hydrogen-bond donors (Lipinski definition) is 2. The Morgan fingerprint density at radius 3 is 2.25 bits per heavy atom. The van der Waals surface area contributed by atoms with Crippen molar-refractivity contribution in [3.8, 4) is 0 Å². The van der Waals surface area contributed by atoms with E-state index < -0.39 is 11.5 Å². The Bertz CT molecular complexity index is 619. The van der Waals surface area contributed by atoms with E-state index in [1.807, 2.05) is 62.4 Å². The Hall–Kier alpha value is -2.29. The molecule has 0 saturated heterocycles. The molecule has 1 atom stereocenters. The third-order valence-corrected chi connectivity index (χ3v) is 3.47. The smallest absolute Gasteiger partial charge is 0.333 e. The largest absolute Gasteiger partial charge is 0.479 e. The van der Waals surface area contributed by atoms with Crippen LogP contribution >= 0.6 is 0 Å². The van der Waals surface area contributed by atoms with Gasteiger partial charge in [-0.05, 0) is 44.0 Å². The van der Waals surface area contributed by atoms with Gasteiger partial charge in [0.25, 0.3) is 0 Å². The summed E-state index contributed by atoms with van der Waals surface area (Å²) in [6.07, 6.45) is 0. The van der Waals surface area contributed by atoms with Gasteiger partial charge >= 0.3 is 5.97 Å². The predicted octanol–water partition coefficient (Wildman–Crippen LogP) is 3.72. The maximum atomic E-state index is 11.7. The molecule has 2 aromatic carbocycles. The van der Waals surface area contributed by atoms with Crippen molar-refractivity contribution in [1.29, 1.82) is 0 Å². The zero-order valence-corrected chi connectivity index (χ0v) is 12.0. The molecule has 0 spiro atoms. The van der Waals surface area contributed by atoms with E-state index >= 15 is 0 Å². The summed E-state index contributed by atoms with van der Waals surface area (Å²) >= 11 is 0. The Labute approximate surface area is 119 Å². The maximum Gasteiger partial charge on any atom is 0.333 e. The molecule has 0 aromatic heterocycles. The van der Waals surface area contributed by atoms with Gasteiger partial charge < -0.3 is 10.4 Å². The number of anilines is 1. The fourth-order valence-electron chi connectivity index (χ4n) is 2.15. The van der Waals surface area contributed by atoms with Gasteiger partial charge in [-0.1, -0.05) is 42.0 Å². The second-order valence-corrected chi connectivity index (χ2v) is 5.29. The first-order chi connectivity index (χ1) is 9.41. The molecule has 2 N–H and O–H groups in total. The van der Waals surface area contributed by atoms with Crippen molar-refractivity contribution in [3.05, 3.63) is 65.2 Å². The zero-order chi connectivity index (χ0) is 14.8. The Kier molecular flexibility index (Phi) is 3.79. The first-order valence-corrected chi connectivity index (χ1v) is 6.57. The molecule has 0 aliphatic carbocycles. The number of carboxylic acids is 1. The Morgan fingerprint density at radius 2 is 1.70 bits per heavy atom. The Balaban J connectivity index is 2.39. The van der Waals surface area contributed by atoms with Crippen LogP contribution in [0.15, 0.2) is 48.5 Å². The average Bonchev–Trinajstić information content (AvgIpc) is 2.39. The van der Waals surface area contributed by atoms with Crippen molar-refractivity contribution in [2.45, 2.75) is 26.3 Å². The van der Waals surface area contributed by atoms with E-state index in [2.05, 4.69) is 5.32 Å². The third kappa shape index (κ3) is 2.82. The van der Waals surface area contributed by atoms with Crippen LogP contribution in [0, 0.1) is 13.8 Å². The number of carbonyl (C=O) groups is 1. The monoisotopic (exact) mass is 269 g/mol. The quantitative estimate of drug-likeness (QED) is 0.889. The SMILES string of the molecule is Cc1ccc(C(C)(Nc2cccc(C)c2)C(=O)O)cc1. The number of aliphatic carboxylic acids is 1. The normalized spacial score (nSPS) is 13.6. The topological polar surface area (TPSA) is 49.3 Å². The molecule has 0 aliphatic heterocycles. The molecule has 0 saturated carbocycles. The van der Waals surface area contributed by atoms with Crippen molar-refractivity contribution in [2.24, 2.45) is 0 Å². The van der Waals surface area contributed by atoms with Gasteiger partial charge in [-0.3, -0.25) is 0 Å². The fourth-order valence-corrected chi connectivity index (χ4v) is 2.15. The summed E-state index contributed by atoms with van der Waals surface area (Å²) in [5.41, 5.74) is 2.58. The second-order valence-electron chi connectivity index (χ2n) is 5.29. The first kappa shape index (κ1) is 14.1. The van der Waals surface area contributed by atoms with Crippen LogP contribution in [0.4, 0.5) is 5.69 Å². The molecule has 0 bridgehead atoms. The minimum atomic E-state index is -1.15. The summed E-state index contributed by atoms with van der Waals surface area (Å²) in [6, 6.07) is 15.3. The van der Waals surface area contributed by atoms with E-state index in [0.29, 0.717) is 0 Å². The van der Waals surface area contributed by atoms with Crippen molar-refractivity contribution < 1.29 is 9.90 Å². The first-order valence-electron chi connectivity index (χ1n) is 6.57. The molecule has 104 valence electrons. The van der Waals surface area contributed by atoms with Crippen LogP contribution in [-0.4, -0.2) is 11.1 Å². The maximum absolute atomic E-state index is 11.7. The molecule has 2 aromatic rings. The van der Waals surface area contributed by atoms with E-state index in [9.17, 15) is 9.90 Å². The lowest BCUT2D eigenvalue weighted by Gasteiger charge is -2.28. The van der Waals surface area contributed by atoms with Gasteiger partial charge in [0.05, 0.1) is 0 Å². The highest BCUT2D eigenvalue weighted by Gasteiger charge is 2.35. The summed E-state index contributed by atoms with van der Waals surface area (Å²) in [4.78, 5) is 11.7. The highest BCUT2D eigenvalue weighted by Crippen LogP contribution is 2.27. The van der Waals surface area contributed by atoms with Crippen LogP contribution in [0.2, 0.25) is 0 Å². The van der Waals surface area contributed by atoms with Gasteiger partial charge in [0, 0.05) is 5.69 Å². The molecule has 0 amide bonds. The summed E-state index contributed by atoms with van der Waals surface area (Å²) in [6.45, 7) is 5.65. The number of hydrogen-bond acceptors (Lipinski definition) is 2. The van der Waals surface area contributed by atoms with E-state index in [-0.39, 0.29) is 0 Å². The number of nitrogens with one attached hydrogen (secondary N) is 1. The summed E-state index contributed by atoms with van der Waals surface area (Å²) < 4.78 is 0. The van der Waals surface area contributed by atoms with Gasteiger partial charge in [0.2, 0.25) is 0 Å². The van der Waals surface area contributed by atoms with Crippen LogP contribution in [0.5, 0.6) is 0 Å². The lowest BCUT2D eigenvalue weighted by atomic mass is 9.91. The van der Waals surface area contributed by atoms with Crippen molar-refractivity contribution in [2.75, 3.05) is 5.32 Å². The highest BCUT2D eigenvalue weighted by molar-refractivity contribution is 5.84. The van der Waals surface area contributed by atoms with Crippen molar-refractivity contribution in [1.82, 2.24) is 0 Å². The van der Waals surface area contributed by atoms with Crippen LogP contribution in [0.1, 0.15) is 23.6 Å². The molecule has 0 fully saturated rings. The molecular weight excluding hydrogens is 250 g/mol. The number of benzene rings is 2. The van der Waals surface area contributed by atoms with Crippen LogP contribution in [0.25, 0.3) is 0 Å².